The highest BCUT2D eigenvalue weighted by Gasteiger charge is 2.25. The molecule has 1 fully saturated rings. The minimum atomic E-state index is -0.409. The number of β-amino-alcohol motifs (C(OH)–C–C–N with tert-alkyl or cyclic N) is 1. The zero-order valence-corrected chi connectivity index (χ0v) is 15.4. The zero-order valence-electron chi connectivity index (χ0n) is 14.6. The summed E-state index contributed by atoms with van der Waals surface area (Å²) >= 11 is 0. The molecule has 6 nitrogen and oxygen atoms in total. The van der Waals surface area contributed by atoms with Crippen molar-refractivity contribution in [3.05, 3.63) is 54.1 Å². The summed E-state index contributed by atoms with van der Waals surface area (Å²) in [6.45, 7) is 1.74. The highest BCUT2D eigenvalue weighted by molar-refractivity contribution is 6.00. The van der Waals surface area contributed by atoms with Crippen LogP contribution in [-0.4, -0.2) is 43.9 Å². The third kappa shape index (κ3) is 4.88. The lowest BCUT2D eigenvalue weighted by molar-refractivity contribution is 0.0928. The Balaban J connectivity index is 0.00000243. The van der Waals surface area contributed by atoms with Gasteiger partial charge in [0.2, 0.25) is 0 Å². The van der Waals surface area contributed by atoms with Crippen molar-refractivity contribution in [2.75, 3.05) is 32.1 Å². The summed E-state index contributed by atoms with van der Waals surface area (Å²) in [5.74, 6) is 0.668. The molecule has 7 heteroatoms. The Morgan fingerprint density at radius 3 is 2.58 bits per heavy atom. The fourth-order valence-electron chi connectivity index (χ4n) is 2.87. The lowest BCUT2D eigenvalue weighted by Gasteiger charge is -2.16. The number of carbonyl (C=O) groups excluding carboxylic acids is 1. The molecule has 2 atom stereocenters. The molecule has 140 valence electrons. The predicted octanol–water partition coefficient (Wildman–Crippen LogP) is 2.17. The number of aliphatic hydroxyl groups excluding tert-OH is 1. The SMILES string of the molecule is COc1ccc(Nc2ccccc2C(=O)NCC2CNCC2O)cc1.Cl. The van der Waals surface area contributed by atoms with Crippen molar-refractivity contribution in [1.29, 1.82) is 0 Å². The molecule has 4 N–H and O–H groups in total. The molecule has 0 spiro atoms. The smallest absolute Gasteiger partial charge is 0.253 e. The number of hydrogen-bond acceptors (Lipinski definition) is 5. The third-order valence-corrected chi connectivity index (χ3v) is 4.37. The lowest BCUT2D eigenvalue weighted by atomic mass is 10.1. The predicted molar refractivity (Wildman–Crippen MR) is 105 cm³/mol. The second-order valence-electron chi connectivity index (χ2n) is 6.09. The van der Waals surface area contributed by atoms with Crippen LogP contribution in [0.2, 0.25) is 0 Å². The first-order valence-electron chi connectivity index (χ1n) is 8.34. The molecule has 26 heavy (non-hydrogen) atoms. The van der Waals surface area contributed by atoms with Crippen molar-refractivity contribution in [3.8, 4) is 5.75 Å². The average molecular weight is 378 g/mol. The Morgan fingerprint density at radius 1 is 1.19 bits per heavy atom. The Bertz CT molecular complexity index is 724. The molecule has 0 radical (unpaired) electrons. The van der Waals surface area contributed by atoms with Gasteiger partial charge in [-0.15, -0.1) is 12.4 Å². The molecule has 2 unspecified atom stereocenters. The lowest BCUT2D eigenvalue weighted by Crippen LogP contribution is -2.34. The van der Waals surface area contributed by atoms with Gasteiger partial charge in [0.15, 0.2) is 0 Å². The summed E-state index contributed by atoms with van der Waals surface area (Å²) in [5.41, 5.74) is 2.17. The van der Waals surface area contributed by atoms with Gasteiger partial charge in [0.25, 0.3) is 5.91 Å². The molecular formula is C19H24ClN3O3. The number of aliphatic hydroxyl groups is 1. The molecule has 1 amide bonds. The van der Waals surface area contributed by atoms with Crippen molar-refractivity contribution < 1.29 is 14.6 Å². The van der Waals surface area contributed by atoms with Crippen LogP contribution in [0.25, 0.3) is 0 Å². The van der Waals surface area contributed by atoms with Gasteiger partial charge in [0.1, 0.15) is 5.75 Å². The van der Waals surface area contributed by atoms with Crippen molar-refractivity contribution >= 4 is 29.7 Å². The Hall–Kier alpha value is -2.28. The Morgan fingerprint density at radius 2 is 1.92 bits per heavy atom. The summed E-state index contributed by atoms with van der Waals surface area (Å²) < 4.78 is 5.15. The van der Waals surface area contributed by atoms with E-state index < -0.39 is 6.10 Å². The quantitative estimate of drug-likeness (QED) is 0.620. The highest BCUT2D eigenvalue weighted by Crippen LogP contribution is 2.23. The number of methoxy groups -OCH3 is 1. The van der Waals surface area contributed by atoms with Gasteiger partial charge in [-0.2, -0.15) is 0 Å². The third-order valence-electron chi connectivity index (χ3n) is 4.37. The number of benzene rings is 2. The van der Waals surface area contributed by atoms with Crippen LogP contribution in [-0.2, 0) is 0 Å². The number of para-hydroxylation sites is 1. The van der Waals surface area contributed by atoms with Gasteiger partial charge < -0.3 is 25.8 Å². The van der Waals surface area contributed by atoms with Gasteiger partial charge >= 0.3 is 0 Å². The Labute approximate surface area is 159 Å². The largest absolute Gasteiger partial charge is 0.497 e. The molecule has 0 aromatic heterocycles. The van der Waals surface area contributed by atoms with Crippen LogP contribution < -0.4 is 20.7 Å². The summed E-state index contributed by atoms with van der Waals surface area (Å²) in [7, 11) is 1.62. The van der Waals surface area contributed by atoms with Gasteiger partial charge in [0.05, 0.1) is 24.5 Å². The second-order valence-corrected chi connectivity index (χ2v) is 6.09. The number of amides is 1. The summed E-state index contributed by atoms with van der Waals surface area (Å²) in [6.07, 6.45) is -0.409. The standard InChI is InChI=1S/C19H23N3O3.ClH/c1-25-15-8-6-14(7-9-15)22-17-5-3-2-4-16(17)19(24)21-11-13-10-20-12-18(13)23;/h2-9,13,18,20,22-23H,10-12H2,1H3,(H,21,24);1H. The van der Waals surface area contributed by atoms with Crippen molar-refractivity contribution in [2.45, 2.75) is 6.10 Å². The normalized spacial score (nSPS) is 18.7. The maximum absolute atomic E-state index is 12.5. The van der Waals surface area contributed by atoms with Crippen LogP contribution in [0.4, 0.5) is 11.4 Å². The van der Waals surface area contributed by atoms with E-state index >= 15 is 0 Å². The van der Waals surface area contributed by atoms with Crippen LogP contribution in [0.5, 0.6) is 5.75 Å². The van der Waals surface area contributed by atoms with Gasteiger partial charge in [-0.05, 0) is 36.4 Å². The molecule has 1 aliphatic rings. The average Bonchev–Trinajstić information content (AvgIpc) is 3.06. The van der Waals surface area contributed by atoms with E-state index in [1.54, 1.807) is 13.2 Å². The van der Waals surface area contributed by atoms with Crippen molar-refractivity contribution in [1.82, 2.24) is 10.6 Å². The molecule has 1 saturated heterocycles. The van der Waals surface area contributed by atoms with Gasteiger partial charge in [-0.1, -0.05) is 12.1 Å². The highest BCUT2D eigenvalue weighted by atomic mass is 35.5. The maximum atomic E-state index is 12.5. The molecule has 0 bridgehead atoms. The number of rotatable bonds is 6. The minimum absolute atomic E-state index is 0. The monoisotopic (exact) mass is 377 g/mol. The van der Waals surface area contributed by atoms with E-state index in [0.29, 0.717) is 25.2 Å². The molecule has 1 aliphatic heterocycles. The molecule has 0 saturated carbocycles. The van der Waals surface area contributed by atoms with E-state index in [4.69, 9.17) is 4.74 Å². The molecule has 2 aromatic rings. The van der Waals surface area contributed by atoms with Crippen molar-refractivity contribution in [3.63, 3.8) is 0 Å². The summed E-state index contributed by atoms with van der Waals surface area (Å²) in [4.78, 5) is 12.5. The zero-order chi connectivity index (χ0) is 17.6. The molecule has 0 aliphatic carbocycles. The van der Waals surface area contributed by atoms with Crippen molar-refractivity contribution in [2.24, 2.45) is 5.92 Å². The summed E-state index contributed by atoms with van der Waals surface area (Å²) in [5, 5.41) is 19.1. The van der Waals surface area contributed by atoms with Crippen LogP contribution in [0, 0.1) is 5.92 Å². The number of hydrogen-bond donors (Lipinski definition) is 4. The van der Waals surface area contributed by atoms with E-state index in [1.807, 2.05) is 42.5 Å². The van der Waals surface area contributed by atoms with E-state index in [9.17, 15) is 9.90 Å². The molecule has 3 rings (SSSR count). The van der Waals surface area contributed by atoms with Crippen LogP contribution in [0.15, 0.2) is 48.5 Å². The first-order chi connectivity index (χ1) is 12.2. The van der Waals surface area contributed by atoms with E-state index in [1.165, 1.54) is 0 Å². The van der Waals surface area contributed by atoms with Gasteiger partial charge in [-0.25, -0.2) is 0 Å². The number of ether oxygens (including phenoxy) is 1. The van der Waals surface area contributed by atoms with Gasteiger partial charge in [0, 0.05) is 31.2 Å². The maximum Gasteiger partial charge on any atom is 0.253 e. The first-order valence-corrected chi connectivity index (χ1v) is 8.34. The Kier molecular flexibility index (Phi) is 7.26. The van der Waals surface area contributed by atoms with Gasteiger partial charge in [-0.3, -0.25) is 4.79 Å². The number of halogens is 1. The molecule has 1 heterocycles. The van der Waals surface area contributed by atoms with Crippen LogP contribution in [0.1, 0.15) is 10.4 Å². The molecular weight excluding hydrogens is 354 g/mol. The minimum Gasteiger partial charge on any atom is -0.497 e. The van der Waals surface area contributed by atoms with Crippen LogP contribution >= 0.6 is 12.4 Å². The van der Waals surface area contributed by atoms with Crippen LogP contribution in [0.3, 0.4) is 0 Å². The number of nitrogens with one attached hydrogen (secondary N) is 3. The van der Waals surface area contributed by atoms with E-state index in [-0.39, 0.29) is 24.2 Å². The number of carbonyl (C=O) groups is 1. The summed E-state index contributed by atoms with van der Waals surface area (Å²) in [6, 6.07) is 14.9. The number of anilines is 2. The van der Waals surface area contributed by atoms with E-state index in [2.05, 4.69) is 16.0 Å². The second kappa shape index (κ2) is 9.43. The van der Waals surface area contributed by atoms with E-state index in [0.717, 1.165) is 17.1 Å². The first kappa shape index (κ1) is 20.0. The molecule has 2 aromatic carbocycles. The fourth-order valence-corrected chi connectivity index (χ4v) is 2.87. The topological polar surface area (TPSA) is 82.6 Å². The fraction of sp³-hybridized carbons (Fsp3) is 0.316.